The van der Waals surface area contributed by atoms with Crippen molar-refractivity contribution in [2.45, 2.75) is 69.5 Å². The highest BCUT2D eigenvalue weighted by atomic mass is 16.6. The van der Waals surface area contributed by atoms with Crippen LogP contribution >= 0.6 is 0 Å². The lowest BCUT2D eigenvalue weighted by molar-refractivity contribution is -0.121. The van der Waals surface area contributed by atoms with Crippen molar-refractivity contribution in [1.82, 2.24) is 26.1 Å². The third kappa shape index (κ3) is 5.08. The van der Waals surface area contributed by atoms with Crippen molar-refractivity contribution in [3.63, 3.8) is 0 Å². The summed E-state index contributed by atoms with van der Waals surface area (Å²) in [7, 11) is 1.55. The van der Waals surface area contributed by atoms with Gasteiger partial charge in [0.05, 0.1) is 38.4 Å². The van der Waals surface area contributed by atoms with E-state index in [1.807, 2.05) is 13.0 Å². The van der Waals surface area contributed by atoms with Gasteiger partial charge in [-0.15, -0.1) is 0 Å². The largest absolute Gasteiger partial charge is 0.481 e. The minimum atomic E-state index is -0.453. The molecule has 1 aliphatic carbocycles. The molecule has 0 aromatic carbocycles. The van der Waals surface area contributed by atoms with E-state index in [4.69, 9.17) is 9.47 Å². The molecule has 0 spiro atoms. The Hall–Kier alpha value is -2.43. The zero-order valence-electron chi connectivity index (χ0n) is 17.9. The van der Waals surface area contributed by atoms with Crippen molar-refractivity contribution in [3.05, 3.63) is 23.9 Å². The third-order valence-electron chi connectivity index (χ3n) is 6.57. The molecule has 2 unspecified atom stereocenters. The van der Waals surface area contributed by atoms with Crippen LogP contribution in [0.3, 0.4) is 0 Å². The topological polar surface area (TPSA) is 125 Å². The van der Waals surface area contributed by atoms with E-state index in [-0.39, 0.29) is 42.8 Å². The maximum atomic E-state index is 12.4. The maximum absolute atomic E-state index is 12.4. The number of aliphatic hydroxyl groups is 1. The number of methoxy groups -OCH3 is 1. The Morgan fingerprint density at radius 1 is 1.29 bits per heavy atom. The molecule has 1 aromatic heterocycles. The number of nitrogens with zero attached hydrogens (tertiary/aromatic N) is 2. The molecule has 2 aliphatic heterocycles. The number of aromatic nitrogens is 1. The number of hydrogen-bond acceptors (Lipinski definition) is 8. The van der Waals surface area contributed by atoms with Crippen LogP contribution in [0, 0.1) is 5.92 Å². The molecule has 0 radical (unpaired) electrons. The molecule has 10 heteroatoms. The molecular weight excluding hydrogens is 402 g/mol. The van der Waals surface area contributed by atoms with E-state index in [0.29, 0.717) is 18.3 Å². The second kappa shape index (κ2) is 9.37. The van der Waals surface area contributed by atoms with Gasteiger partial charge in [-0.3, -0.25) is 10.2 Å². The molecule has 3 heterocycles. The number of β-amino-alcohol motifs (C(OH)–C–C–N with tert-alkyl or cyclic N) is 1. The predicted octanol–water partition coefficient (Wildman–Crippen LogP) is 0.312. The Morgan fingerprint density at radius 2 is 2.13 bits per heavy atom. The lowest BCUT2D eigenvalue weighted by atomic mass is 9.96. The first-order valence-corrected chi connectivity index (χ1v) is 10.9. The summed E-state index contributed by atoms with van der Waals surface area (Å²) in [6, 6.07) is 3.60. The number of hydrazine groups is 1. The summed E-state index contributed by atoms with van der Waals surface area (Å²) >= 11 is 0. The number of carbonyl (C=O) groups excluding carboxylic acids is 2. The van der Waals surface area contributed by atoms with E-state index in [2.05, 4.69) is 21.2 Å². The fraction of sp³-hybridized carbons (Fsp3) is 0.667. The summed E-state index contributed by atoms with van der Waals surface area (Å²) in [5.41, 5.74) is 7.27. The molecule has 0 bridgehead atoms. The van der Waals surface area contributed by atoms with Gasteiger partial charge in [0.25, 0.3) is 0 Å². The number of aliphatic hydroxyl groups excluding tert-OH is 1. The zero-order valence-corrected chi connectivity index (χ0v) is 17.9. The predicted molar refractivity (Wildman–Crippen MR) is 111 cm³/mol. The molecule has 170 valence electrons. The Bertz CT molecular complexity index is 791. The van der Waals surface area contributed by atoms with Crippen LogP contribution < -0.4 is 20.9 Å². The van der Waals surface area contributed by atoms with E-state index in [0.717, 1.165) is 31.2 Å². The Labute approximate surface area is 181 Å². The molecule has 4 rings (SSSR count). The number of amides is 2. The van der Waals surface area contributed by atoms with E-state index in [1.54, 1.807) is 24.3 Å². The van der Waals surface area contributed by atoms with Crippen molar-refractivity contribution in [3.8, 4) is 5.88 Å². The number of likely N-dealkylation sites (tertiary alicyclic amines) is 1. The highest BCUT2D eigenvalue weighted by molar-refractivity contribution is 5.78. The first kappa shape index (κ1) is 21.8. The van der Waals surface area contributed by atoms with Crippen molar-refractivity contribution >= 4 is 12.0 Å². The van der Waals surface area contributed by atoms with Gasteiger partial charge in [0.2, 0.25) is 11.8 Å². The third-order valence-corrected chi connectivity index (χ3v) is 6.57. The van der Waals surface area contributed by atoms with E-state index < -0.39 is 6.10 Å². The second-order valence-corrected chi connectivity index (χ2v) is 8.68. The van der Waals surface area contributed by atoms with Gasteiger partial charge in [-0.25, -0.2) is 15.2 Å². The van der Waals surface area contributed by atoms with Crippen LogP contribution in [0.2, 0.25) is 0 Å². The standard InChI is InChI=1S/C21H31N5O5/c1-12-17(27)11-26(12)21(29)31-15-5-4-14(8-15)16-9-18(25-24-16)23-19(28)7-13-3-6-20(30-2)22-10-13/h3,6,10,12,14-18,24-25,27H,4-5,7-9,11H2,1-2H3,(H,23,28)/t12-,14-,15+,16?,17+,18?/m0/s1. The zero-order chi connectivity index (χ0) is 22.0. The van der Waals surface area contributed by atoms with Crippen LogP contribution in [0.15, 0.2) is 18.3 Å². The lowest BCUT2D eigenvalue weighted by Crippen LogP contribution is -2.61. The molecule has 1 saturated carbocycles. The SMILES string of the molecule is COc1ccc(CC(=O)NC2CC([C@H]3CC[C@@H](OC(=O)N4C[C@@H](O)[C@@H]4C)C3)NN2)cn1. The fourth-order valence-electron chi connectivity index (χ4n) is 4.54. The molecule has 2 saturated heterocycles. The number of rotatable bonds is 6. The number of hydrogen-bond donors (Lipinski definition) is 4. The Balaban J connectivity index is 1.18. The minimum absolute atomic E-state index is 0.0731. The molecule has 3 fully saturated rings. The summed E-state index contributed by atoms with van der Waals surface area (Å²) in [5, 5.41) is 12.6. The summed E-state index contributed by atoms with van der Waals surface area (Å²) in [4.78, 5) is 30.3. The van der Waals surface area contributed by atoms with Gasteiger partial charge >= 0.3 is 6.09 Å². The molecular formula is C21H31N5O5. The number of carbonyl (C=O) groups is 2. The fourth-order valence-corrected chi connectivity index (χ4v) is 4.54. The van der Waals surface area contributed by atoms with Gasteiger partial charge in [-0.1, -0.05) is 6.07 Å². The van der Waals surface area contributed by atoms with Crippen molar-refractivity contribution < 1.29 is 24.2 Å². The van der Waals surface area contributed by atoms with Crippen molar-refractivity contribution in [1.29, 1.82) is 0 Å². The molecule has 10 nitrogen and oxygen atoms in total. The number of nitrogens with one attached hydrogen (secondary N) is 3. The Morgan fingerprint density at radius 3 is 2.81 bits per heavy atom. The van der Waals surface area contributed by atoms with Gasteiger partial charge in [-0.2, -0.15) is 0 Å². The molecule has 4 N–H and O–H groups in total. The van der Waals surface area contributed by atoms with Crippen LogP contribution in [-0.2, 0) is 16.0 Å². The van der Waals surface area contributed by atoms with Gasteiger partial charge in [-0.05, 0) is 44.1 Å². The van der Waals surface area contributed by atoms with Gasteiger partial charge in [0.15, 0.2) is 0 Å². The van der Waals surface area contributed by atoms with Gasteiger partial charge < -0.3 is 24.8 Å². The van der Waals surface area contributed by atoms with Crippen LogP contribution in [0.25, 0.3) is 0 Å². The summed E-state index contributed by atoms with van der Waals surface area (Å²) < 4.78 is 10.7. The molecule has 31 heavy (non-hydrogen) atoms. The first-order chi connectivity index (χ1) is 14.9. The lowest BCUT2D eigenvalue weighted by Gasteiger charge is -2.42. The number of ether oxygens (including phenoxy) is 2. The van der Waals surface area contributed by atoms with E-state index in [9.17, 15) is 14.7 Å². The molecule has 6 atom stereocenters. The van der Waals surface area contributed by atoms with E-state index >= 15 is 0 Å². The first-order valence-electron chi connectivity index (χ1n) is 10.9. The molecule has 2 amide bonds. The highest BCUT2D eigenvalue weighted by Crippen LogP contribution is 2.33. The van der Waals surface area contributed by atoms with Crippen molar-refractivity contribution in [2.24, 2.45) is 5.92 Å². The van der Waals surface area contributed by atoms with Crippen molar-refractivity contribution in [2.75, 3.05) is 13.7 Å². The monoisotopic (exact) mass is 433 g/mol. The van der Waals surface area contributed by atoms with Crippen LogP contribution in [0.4, 0.5) is 4.79 Å². The average molecular weight is 434 g/mol. The summed E-state index contributed by atoms with van der Waals surface area (Å²) in [6.07, 6.45) is 4.24. The minimum Gasteiger partial charge on any atom is -0.481 e. The summed E-state index contributed by atoms with van der Waals surface area (Å²) in [5.74, 6) is 0.819. The Kier molecular flexibility index (Phi) is 6.59. The smallest absolute Gasteiger partial charge is 0.410 e. The maximum Gasteiger partial charge on any atom is 0.410 e. The quantitative estimate of drug-likeness (QED) is 0.505. The molecule has 3 aliphatic rings. The van der Waals surface area contributed by atoms with Crippen LogP contribution in [-0.4, -0.2) is 71.1 Å². The number of pyridine rings is 1. The van der Waals surface area contributed by atoms with Crippen LogP contribution in [0.5, 0.6) is 5.88 Å². The van der Waals surface area contributed by atoms with Crippen LogP contribution in [0.1, 0.15) is 38.2 Å². The normalized spacial score (nSPS) is 32.4. The average Bonchev–Trinajstić information content (AvgIpc) is 3.41. The second-order valence-electron chi connectivity index (χ2n) is 8.68. The van der Waals surface area contributed by atoms with Gasteiger partial charge in [0.1, 0.15) is 6.10 Å². The van der Waals surface area contributed by atoms with Gasteiger partial charge in [0, 0.05) is 18.3 Å². The molecule has 1 aromatic rings. The summed E-state index contributed by atoms with van der Waals surface area (Å²) in [6.45, 7) is 2.17. The highest BCUT2D eigenvalue weighted by Gasteiger charge is 2.41. The van der Waals surface area contributed by atoms with E-state index in [1.165, 1.54) is 0 Å².